The Morgan fingerprint density at radius 2 is 1.57 bits per heavy atom. The van der Waals surface area contributed by atoms with Crippen molar-refractivity contribution in [1.29, 1.82) is 0 Å². The standard InChI is InChI=1S/C18H19N3O6S/c1-21(2)28(25,26)15-10-6-9-14(11-15)18(24)27-12-16(22)19-20-17(23)13-7-4-3-5-8-13/h3-11H,12H2,1-2H3,(H,19,22)(H,20,23). The Labute approximate surface area is 162 Å². The van der Waals surface area contributed by atoms with Gasteiger partial charge in [0.15, 0.2) is 6.61 Å². The molecular weight excluding hydrogens is 386 g/mol. The van der Waals surface area contributed by atoms with E-state index in [4.69, 9.17) is 4.74 Å². The van der Waals surface area contributed by atoms with Gasteiger partial charge in [0, 0.05) is 19.7 Å². The Balaban J connectivity index is 1.90. The fourth-order valence-corrected chi connectivity index (χ4v) is 2.98. The van der Waals surface area contributed by atoms with Gasteiger partial charge in [-0.1, -0.05) is 24.3 Å². The smallest absolute Gasteiger partial charge is 0.338 e. The molecule has 0 bridgehead atoms. The summed E-state index contributed by atoms with van der Waals surface area (Å²) in [6.07, 6.45) is 0. The van der Waals surface area contributed by atoms with Crippen LogP contribution in [0, 0.1) is 0 Å². The van der Waals surface area contributed by atoms with Crippen molar-refractivity contribution in [3.63, 3.8) is 0 Å². The Morgan fingerprint density at radius 3 is 2.21 bits per heavy atom. The van der Waals surface area contributed by atoms with Crippen LogP contribution < -0.4 is 10.9 Å². The molecular formula is C18H19N3O6S. The molecule has 0 aromatic heterocycles. The summed E-state index contributed by atoms with van der Waals surface area (Å²) in [7, 11) is -0.971. The number of nitrogens with one attached hydrogen (secondary N) is 2. The van der Waals surface area contributed by atoms with Gasteiger partial charge in [-0.2, -0.15) is 0 Å². The number of carbonyl (C=O) groups excluding carboxylic acids is 3. The number of benzene rings is 2. The molecule has 0 spiro atoms. The van der Waals surface area contributed by atoms with Gasteiger partial charge in [0.2, 0.25) is 10.0 Å². The molecule has 0 aliphatic rings. The lowest BCUT2D eigenvalue weighted by atomic mass is 10.2. The lowest BCUT2D eigenvalue weighted by Gasteiger charge is -2.12. The van der Waals surface area contributed by atoms with E-state index in [1.165, 1.54) is 32.3 Å². The zero-order valence-corrected chi connectivity index (χ0v) is 16.0. The van der Waals surface area contributed by atoms with Crippen molar-refractivity contribution in [3.05, 3.63) is 65.7 Å². The van der Waals surface area contributed by atoms with Gasteiger partial charge < -0.3 is 4.74 Å². The molecule has 0 saturated carbocycles. The van der Waals surface area contributed by atoms with Crippen LogP contribution in [0.5, 0.6) is 0 Å². The minimum absolute atomic E-state index is 0.0240. The van der Waals surface area contributed by atoms with Gasteiger partial charge in [-0.15, -0.1) is 0 Å². The summed E-state index contributed by atoms with van der Waals surface area (Å²) in [6.45, 7) is -0.654. The maximum atomic E-state index is 12.1. The van der Waals surface area contributed by atoms with Crippen LogP contribution >= 0.6 is 0 Å². The van der Waals surface area contributed by atoms with Gasteiger partial charge in [0.25, 0.3) is 11.8 Å². The van der Waals surface area contributed by atoms with Crippen molar-refractivity contribution in [2.75, 3.05) is 20.7 Å². The molecule has 2 aromatic carbocycles. The Bertz CT molecular complexity index is 974. The molecule has 0 fully saturated rings. The zero-order chi connectivity index (χ0) is 20.7. The summed E-state index contributed by atoms with van der Waals surface area (Å²) in [5.41, 5.74) is 4.63. The van der Waals surface area contributed by atoms with Crippen molar-refractivity contribution >= 4 is 27.8 Å². The Morgan fingerprint density at radius 1 is 0.929 bits per heavy atom. The first-order valence-corrected chi connectivity index (χ1v) is 9.50. The highest BCUT2D eigenvalue weighted by Gasteiger charge is 2.19. The van der Waals surface area contributed by atoms with E-state index in [9.17, 15) is 22.8 Å². The van der Waals surface area contributed by atoms with E-state index in [1.807, 2.05) is 0 Å². The number of esters is 1. The molecule has 0 radical (unpaired) electrons. The van der Waals surface area contributed by atoms with E-state index < -0.39 is 34.4 Å². The van der Waals surface area contributed by atoms with Gasteiger partial charge in [-0.25, -0.2) is 17.5 Å². The number of carbonyl (C=O) groups is 3. The molecule has 0 aliphatic heterocycles. The molecule has 2 N–H and O–H groups in total. The van der Waals surface area contributed by atoms with Crippen molar-refractivity contribution in [1.82, 2.24) is 15.2 Å². The lowest BCUT2D eigenvalue weighted by Crippen LogP contribution is -2.43. The number of nitrogens with zero attached hydrogens (tertiary/aromatic N) is 1. The number of hydrazine groups is 1. The highest BCUT2D eigenvalue weighted by molar-refractivity contribution is 7.89. The van der Waals surface area contributed by atoms with E-state index in [2.05, 4.69) is 10.9 Å². The van der Waals surface area contributed by atoms with Gasteiger partial charge in [-0.3, -0.25) is 20.4 Å². The summed E-state index contributed by atoms with van der Waals surface area (Å²) in [4.78, 5) is 35.5. The van der Waals surface area contributed by atoms with Crippen molar-refractivity contribution in [2.24, 2.45) is 0 Å². The summed E-state index contributed by atoms with van der Waals surface area (Å²) >= 11 is 0. The Hall–Kier alpha value is -3.24. The first-order chi connectivity index (χ1) is 13.2. The molecule has 28 heavy (non-hydrogen) atoms. The van der Waals surface area contributed by atoms with Crippen molar-refractivity contribution in [3.8, 4) is 0 Å². The maximum Gasteiger partial charge on any atom is 0.338 e. The Kier molecular flexibility index (Phi) is 6.85. The average Bonchev–Trinajstić information content (AvgIpc) is 2.70. The van der Waals surface area contributed by atoms with E-state index in [1.54, 1.807) is 30.3 Å². The molecule has 2 amide bonds. The van der Waals surface area contributed by atoms with Gasteiger partial charge in [0.1, 0.15) is 0 Å². The summed E-state index contributed by atoms with van der Waals surface area (Å²) < 4.78 is 30.1. The number of rotatable bonds is 6. The van der Waals surface area contributed by atoms with Crippen LogP contribution in [0.1, 0.15) is 20.7 Å². The lowest BCUT2D eigenvalue weighted by molar-refractivity contribution is -0.125. The fourth-order valence-electron chi connectivity index (χ4n) is 2.03. The first-order valence-electron chi connectivity index (χ1n) is 8.06. The number of hydrogen-bond donors (Lipinski definition) is 2. The fraction of sp³-hybridized carbons (Fsp3) is 0.167. The highest BCUT2D eigenvalue weighted by atomic mass is 32.2. The van der Waals surface area contributed by atoms with Crippen molar-refractivity contribution < 1.29 is 27.5 Å². The third kappa shape index (κ3) is 5.38. The SMILES string of the molecule is CN(C)S(=O)(=O)c1cccc(C(=O)OCC(=O)NNC(=O)c2ccccc2)c1. The van der Waals surface area contributed by atoms with Crippen LogP contribution in [0.3, 0.4) is 0 Å². The predicted molar refractivity (Wildman–Crippen MR) is 99.6 cm³/mol. The van der Waals surface area contributed by atoms with Gasteiger partial charge in [-0.05, 0) is 30.3 Å². The number of sulfonamides is 1. The molecule has 0 aliphatic carbocycles. The normalized spacial score (nSPS) is 11.0. The summed E-state index contributed by atoms with van der Waals surface area (Å²) in [6, 6.07) is 13.5. The average molecular weight is 405 g/mol. The third-order valence-corrected chi connectivity index (χ3v) is 5.35. The van der Waals surface area contributed by atoms with E-state index in [0.29, 0.717) is 5.56 Å². The monoisotopic (exact) mass is 405 g/mol. The molecule has 10 heteroatoms. The van der Waals surface area contributed by atoms with Gasteiger partial charge in [0.05, 0.1) is 10.5 Å². The summed E-state index contributed by atoms with van der Waals surface area (Å²) in [5, 5.41) is 0. The van der Waals surface area contributed by atoms with E-state index >= 15 is 0 Å². The van der Waals surface area contributed by atoms with Crippen LogP contribution in [0.25, 0.3) is 0 Å². The molecule has 0 heterocycles. The number of ether oxygens (including phenoxy) is 1. The van der Waals surface area contributed by atoms with E-state index in [0.717, 1.165) is 10.4 Å². The van der Waals surface area contributed by atoms with Crippen LogP contribution in [0.4, 0.5) is 0 Å². The van der Waals surface area contributed by atoms with Crippen LogP contribution in [-0.4, -0.2) is 51.2 Å². The van der Waals surface area contributed by atoms with Crippen LogP contribution in [-0.2, 0) is 19.6 Å². The molecule has 0 atom stereocenters. The molecule has 2 rings (SSSR count). The van der Waals surface area contributed by atoms with Gasteiger partial charge >= 0.3 is 5.97 Å². The number of amides is 2. The topological polar surface area (TPSA) is 122 Å². The highest BCUT2D eigenvalue weighted by Crippen LogP contribution is 2.15. The van der Waals surface area contributed by atoms with Crippen LogP contribution in [0.2, 0.25) is 0 Å². The molecule has 9 nitrogen and oxygen atoms in total. The molecule has 148 valence electrons. The minimum Gasteiger partial charge on any atom is -0.452 e. The van der Waals surface area contributed by atoms with Crippen LogP contribution in [0.15, 0.2) is 59.5 Å². The second-order valence-corrected chi connectivity index (χ2v) is 7.91. The summed E-state index contributed by atoms with van der Waals surface area (Å²) in [5.74, 6) is -2.16. The first kappa shape index (κ1) is 21.1. The predicted octanol–water partition coefficient (Wildman–Crippen LogP) is 0.555. The second kappa shape index (κ2) is 9.11. The second-order valence-electron chi connectivity index (χ2n) is 5.76. The minimum atomic E-state index is -3.71. The zero-order valence-electron chi connectivity index (χ0n) is 15.2. The van der Waals surface area contributed by atoms with Crippen molar-refractivity contribution in [2.45, 2.75) is 4.90 Å². The number of hydrogen-bond acceptors (Lipinski definition) is 6. The molecule has 2 aromatic rings. The largest absolute Gasteiger partial charge is 0.452 e. The van der Waals surface area contributed by atoms with E-state index in [-0.39, 0.29) is 10.5 Å². The molecule has 0 unspecified atom stereocenters. The third-order valence-electron chi connectivity index (χ3n) is 3.53. The molecule has 0 saturated heterocycles. The maximum absolute atomic E-state index is 12.1. The quantitative estimate of drug-likeness (QED) is 0.535.